The maximum atomic E-state index is 12.4. The van der Waals surface area contributed by atoms with Crippen LogP contribution in [0.2, 0.25) is 0 Å². The van der Waals surface area contributed by atoms with Crippen LogP contribution < -0.4 is 4.74 Å². The summed E-state index contributed by atoms with van der Waals surface area (Å²) in [6, 6.07) is 12.5. The van der Waals surface area contributed by atoms with Gasteiger partial charge in [-0.05, 0) is 54.8 Å². The van der Waals surface area contributed by atoms with Crippen molar-refractivity contribution in [2.45, 2.75) is 12.8 Å². The molecule has 1 N–H and O–H groups in total. The highest BCUT2D eigenvalue weighted by atomic mass is 32.2. The number of methoxy groups -OCH3 is 1. The minimum absolute atomic E-state index is 0.00247. The summed E-state index contributed by atoms with van der Waals surface area (Å²) in [5.41, 5.74) is 0.865. The third kappa shape index (κ3) is 4.11. The molecule has 0 saturated heterocycles. The van der Waals surface area contributed by atoms with Crippen molar-refractivity contribution >= 4 is 32.9 Å². The number of nitrogens with zero attached hydrogens (tertiary/aromatic N) is 1. The van der Waals surface area contributed by atoms with E-state index in [9.17, 15) is 27.9 Å². The van der Waals surface area contributed by atoms with Crippen LogP contribution in [0.25, 0.3) is 0 Å². The van der Waals surface area contributed by atoms with Gasteiger partial charge in [-0.25, -0.2) is 0 Å². The van der Waals surface area contributed by atoms with Crippen LogP contribution in [0.3, 0.4) is 0 Å². The van der Waals surface area contributed by atoms with E-state index in [-0.39, 0.29) is 29.8 Å². The number of amides is 2. The number of hydrogen-bond acceptors (Lipinski definition) is 6. The molecule has 1 heterocycles. The lowest BCUT2D eigenvalue weighted by Crippen LogP contribution is -2.32. The molecule has 0 fully saturated rings. The van der Waals surface area contributed by atoms with E-state index >= 15 is 0 Å². The Morgan fingerprint density at radius 1 is 1.03 bits per heavy atom. The minimum Gasteiger partial charge on any atom is -0.497 e. The van der Waals surface area contributed by atoms with E-state index in [1.54, 1.807) is 36.4 Å². The first-order valence-corrected chi connectivity index (χ1v) is 10.2. The van der Waals surface area contributed by atoms with E-state index in [0.29, 0.717) is 16.9 Å². The van der Waals surface area contributed by atoms with Gasteiger partial charge in [-0.1, -0.05) is 12.1 Å². The molecule has 0 spiro atoms. The fourth-order valence-corrected chi connectivity index (χ4v) is 4.21. The molecular weight excluding hydrogens is 410 g/mol. The lowest BCUT2D eigenvalue weighted by Gasteiger charge is -2.17. The predicted octanol–water partition coefficient (Wildman–Crippen LogP) is 1.87. The zero-order chi connectivity index (χ0) is 21.8. The summed E-state index contributed by atoms with van der Waals surface area (Å²) in [5.74, 6) is -2.98. The highest BCUT2D eigenvalue weighted by Gasteiger charge is 2.35. The Hall–Kier alpha value is -3.46. The van der Waals surface area contributed by atoms with E-state index in [1.807, 2.05) is 0 Å². The number of imide groups is 1. The standard InChI is InChI=1S/C21H19NO7S/c1-29-14-10-8-13(9-11-14)18(30(27)28)17(21(25)26)7-4-12-22-19(23)15-5-2-3-6-16(15)20(22)24/h2-3,5-6,8-11,17H,4,7,12H2,1H3,(H,25,26). The number of aliphatic carboxylic acids is 1. The van der Waals surface area contributed by atoms with Crippen LogP contribution in [0.5, 0.6) is 5.75 Å². The second kappa shape index (κ2) is 8.91. The highest BCUT2D eigenvalue weighted by Crippen LogP contribution is 2.24. The first kappa shape index (κ1) is 21.3. The number of carboxylic acid groups (broad SMARTS) is 1. The Morgan fingerprint density at radius 2 is 1.60 bits per heavy atom. The Kier molecular flexibility index (Phi) is 6.31. The number of ether oxygens (including phenoxy) is 1. The molecule has 8 nitrogen and oxygen atoms in total. The van der Waals surface area contributed by atoms with E-state index in [2.05, 4.69) is 0 Å². The SMILES string of the molecule is COc1ccc(C(C(CCCN2C(=O)c3ccccc3C2=O)C(=O)O)=S(=O)=O)cc1. The maximum Gasteiger partial charge on any atom is 0.312 e. The number of rotatable bonds is 8. The van der Waals surface area contributed by atoms with Crippen LogP contribution in [0.4, 0.5) is 0 Å². The Morgan fingerprint density at radius 3 is 2.07 bits per heavy atom. The molecule has 1 unspecified atom stereocenters. The van der Waals surface area contributed by atoms with Crippen LogP contribution in [0.1, 0.15) is 39.1 Å². The summed E-state index contributed by atoms with van der Waals surface area (Å²) in [4.78, 5) is 37.4. The second-order valence-corrected chi connectivity index (χ2v) is 7.58. The van der Waals surface area contributed by atoms with Crippen LogP contribution in [-0.4, -0.2) is 54.7 Å². The van der Waals surface area contributed by atoms with Crippen molar-refractivity contribution in [3.63, 3.8) is 0 Å². The van der Waals surface area contributed by atoms with E-state index in [1.165, 1.54) is 19.2 Å². The summed E-state index contributed by atoms with van der Waals surface area (Å²) in [7, 11) is -1.30. The lowest BCUT2D eigenvalue weighted by atomic mass is 9.94. The molecule has 0 bridgehead atoms. The molecule has 0 saturated carbocycles. The summed E-state index contributed by atoms with van der Waals surface area (Å²) < 4.78 is 28.7. The molecule has 0 aromatic heterocycles. The Labute approximate surface area is 174 Å². The first-order chi connectivity index (χ1) is 14.3. The maximum absolute atomic E-state index is 12.4. The molecule has 1 aliphatic rings. The summed E-state index contributed by atoms with van der Waals surface area (Å²) in [5, 5.41) is 9.63. The van der Waals surface area contributed by atoms with Gasteiger partial charge in [0.25, 0.3) is 11.8 Å². The smallest absolute Gasteiger partial charge is 0.312 e. The molecule has 1 atom stereocenters. The zero-order valence-corrected chi connectivity index (χ0v) is 16.9. The normalized spacial score (nSPS) is 13.7. The highest BCUT2D eigenvalue weighted by molar-refractivity contribution is 7.73. The van der Waals surface area contributed by atoms with Gasteiger partial charge < -0.3 is 9.84 Å². The third-order valence-electron chi connectivity index (χ3n) is 4.92. The molecule has 156 valence electrons. The lowest BCUT2D eigenvalue weighted by molar-refractivity contribution is -0.139. The van der Waals surface area contributed by atoms with Gasteiger partial charge in [0.15, 0.2) is 0 Å². The first-order valence-electron chi connectivity index (χ1n) is 9.13. The van der Waals surface area contributed by atoms with Gasteiger partial charge in [-0.15, -0.1) is 0 Å². The number of benzene rings is 2. The average molecular weight is 429 g/mol. The molecule has 1 aliphatic heterocycles. The number of fused-ring (bicyclic) bond motifs is 1. The van der Waals surface area contributed by atoms with Crippen molar-refractivity contribution < 1.29 is 32.6 Å². The van der Waals surface area contributed by atoms with E-state index in [0.717, 1.165) is 4.90 Å². The summed E-state index contributed by atoms with van der Waals surface area (Å²) >= 11 is 0. The largest absolute Gasteiger partial charge is 0.497 e. The molecule has 9 heteroatoms. The molecule has 2 amide bonds. The van der Waals surface area contributed by atoms with E-state index < -0.39 is 34.0 Å². The predicted molar refractivity (Wildman–Crippen MR) is 108 cm³/mol. The van der Waals surface area contributed by atoms with Crippen LogP contribution >= 0.6 is 0 Å². The number of hydrogen-bond donors (Lipinski definition) is 1. The fourth-order valence-electron chi connectivity index (χ4n) is 3.43. The monoisotopic (exact) mass is 429 g/mol. The van der Waals surface area contributed by atoms with Gasteiger partial charge in [0.05, 0.1) is 29.0 Å². The summed E-state index contributed by atoms with van der Waals surface area (Å²) in [6.45, 7) is -0.00247. The minimum atomic E-state index is -2.77. The van der Waals surface area contributed by atoms with Gasteiger partial charge >= 0.3 is 5.97 Å². The van der Waals surface area contributed by atoms with Crippen LogP contribution in [0.15, 0.2) is 48.5 Å². The van der Waals surface area contributed by atoms with Crippen LogP contribution in [-0.2, 0) is 15.1 Å². The van der Waals surface area contributed by atoms with Crippen molar-refractivity contribution in [1.82, 2.24) is 4.90 Å². The zero-order valence-electron chi connectivity index (χ0n) is 16.1. The van der Waals surface area contributed by atoms with Gasteiger partial charge in [0.1, 0.15) is 5.75 Å². The molecule has 2 aromatic rings. The summed E-state index contributed by atoms with van der Waals surface area (Å²) in [6.07, 6.45) is 0.0807. The molecule has 30 heavy (non-hydrogen) atoms. The molecule has 0 aliphatic carbocycles. The molecule has 0 radical (unpaired) electrons. The van der Waals surface area contributed by atoms with E-state index in [4.69, 9.17) is 4.74 Å². The number of carboxylic acids is 1. The molecule has 3 rings (SSSR count). The van der Waals surface area contributed by atoms with Crippen LogP contribution in [0, 0.1) is 5.92 Å². The topological polar surface area (TPSA) is 118 Å². The quantitative estimate of drug-likeness (QED) is 0.387. The second-order valence-electron chi connectivity index (χ2n) is 6.67. The Balaban J connectivity index is 1.76. The van der Waals surface area contributed by atoms with Gasteiger partial charge in [-0.3, -0.25) is 19.3 Å². The molecular formula is C21H19NO7S. The van der Waals surface area contributed by atoms with Crippen molar-refractivity contribution in [3.05, 3.63) is 65.2 Å². The van der Waals surface area contributed by atoms with Crippen molar-refractivity contribution in [1.29, 1.82) is 0 Å². The van der Waals surface area contributed by atoms with Gasteiger partial charge in [-0.2, -0.15) is 8.42 Å². The van der Waals surface area contributed by atoms with Gasteiger partial charge in [0, 0.05) is 6.54 Å². The Bertz CT molecular complexity index is 1090. The number of carbonyl (C=O) groups excluding carboxylic acids is 2. The van der Waals surface area contributed by atoms with Crippen molar-refractivity contribution in [3.8, 4) is 5.75 Å². The van der Waals surface area contributed by atoms with Gasteiger partial charge in [0.2, 0.25) is 10.3 Å². The fraction of sp³-hybridized carbons (Fsp3) is 0.238. The third-order valence-corrected chi connectivity index (χ3v) is 5.80. The van der Waals surface area contributed by atoms with Crippen molar-refractivity contribution in [2.75, 3.05) is 13.7 Å². The van der Waals surface area contributed by atoms with Crippen molar-refractivity contribution in [2.24, 2.45) is 5.92 Å². The number of carbonyl (C=O) groups is 3. The molecule has 2 aromatic carbocycles. The average Bonchev–Trinajstić information content (AvgIpc) is 2.98.